The van der Waals surface area contributed by atoms with Gasteiger partial charge in [-0.3, -0.25) is 4.79 Å². The van der Waals surface area contributed by atoms with E-state index in [4.69, 9.17) is 14.3 Å². The number of furan rings is 1. The van der Waals surface area contributed by atoms with Gasteiger partial charge in [0.25, 0.3) is 5.91 Å². The summed E-state index contributed by atoms with van der Waals surface area (Å²) in [5.74, 6) is -0.379. The zero-order valence-electron chi connectivity index (χ0n) is 14.6. The molecule has 2 N–H and O–H groups in total. The minimum absolute atomic E-state index is 0.0395. The molecule has 0 radical (unpaired) electrons. The van der Waals surface area contributed by atoms with Gasteiger partial charge in [-0.2, -0.15) is 13.2 Å². The quantitative estimate of drug-likeness (QED) is 0.810. The van der Waals surface area contributed by atoms with Crippen molar-refractivity contribution in [1.29, 1.82) is 0 Å². The molecule has 0 fully saturated rings. The second kappa shape index (κ2) is 7.82. The molecule has 1 heterocycles. The molecule has 0 aliphatic carbocycles. The number of rotatable bonds is 6. The number of hydrogen-bond acceptors (Lipinski definition) is 4. The Bertz CT molecular complexity index is 781. The number of nitrogens with one attached hydrogen (secondary N) is 1. The molecule has 0 saturated heterocycles. The zero-order valence-corrected chi connectivity index (χ0v) is 14.6. The molecule has 142 valence electrons. The van der Waals surface area contributed by atoms with Crippen LogP contribution in [0.25, 0.3) is 0 Å². The summed E-state index contributed by atoms with van der Waals surface area (Å²) in [4.78, 5) is 12.1. The summed E-state index contributed by atoms with van der Waals surface area (Å²) in [5, 5.41) is 11.4. The number of alkyl halides is 3. The van der Waals surface area contributed by atoms with Crippen LogP contribution in [0.15, 0.2) is 28.7 Å². The van der Waals surface area contributed by atoms with E-state index in [-0.39, 0.29) is 42.1 Å². The van der Waals surface area contributed by atoms with Crippen molar-refractivity contribution in [3.8, 4) is 5.75 Å². The van der Waals surface area contributed by atoms with Gasteiger partial charge in [0.2, 0.25) is 0 Å². The lowest BCUT2D eigenvalue weighted by Gasteiger charge is -2.16. The highest BCUT2D eigenvalue weighted by atomic mass is 19.4. The molecule has 2 aromatic rings. The molecule has 0 saturated carbocycles. The van der Waals surface area contributed by atoms with E-state index >= 15 is 0 Å². The second-order valence-corrected chi connectivity index (χ2v) is 6.05. The first-order chi connectivity index (χ1) is 12.1. The Hall–Kier alpha value is -2.48. The largest absolute Gasteiger partial charge is 0.491 e. The minimum Gasteiger partial charge on any atom is -0.491 e. The smallest absolute Gasteiger partial charge is 0.416 e. The topological polar surface area (TPSA) is 71.7 Å². The Morgan fingerprint density at radius 3 is 2.54 bits per heavy atom. The van der Waals surface area contributed by atoms with E-state index in [1.165, 1.54) is 18.2 Å². The Labute approximate surface area is 148 Å². The maximum absolute atomic E-state index is 13.3. The molecule has 0 atom stereocenters. The number of halogens is 3. The van der Waals surface area contributed by atoms with Gasteiger partial charge in [0.1, 0.15) is 18.1 Å². The fourth-order valence-electron chi connectivity index (χ4n) is 2.43. The fourth-order valence-corrected chi connectivity index (χ4v) is 2.43. The van der Waals surface area contributed by atoms with Gasteiger partial charge in [0, 0.05) is 12.1 Å². The number of benzene rings is 1. The van der Waals surface area contributed by atoms with Gasteiger partial charge in [-0.05, 0) is 44.5 Å². The molecular weight excluding hydrogens is 351 g/mol. The molecule has 1 aromatic carbocycles. The summed E-state index contributed by atoms with van der Waals surface area (Å²) in [6.45, 7) is 4.34. The van der Waals surface area contributed by atoms with Crippen LogP contribution >= 0.6 is 0 Å². The van der Waals surface area contributed by atoms with Gasteiger partial charge in [0.15, 0.2) is 5.76 Å². The Morgan fingerprint density at radius 2 is 2.00 bits per heavy atom. The van der Waals surface area contributed by atoms with Gasteiger partial charge >= 0.3 is 6.18 Å². The lowest BCUT2D eigenvalue weighted by Crippen LogP contribution is -2.24. The molecule has 0 aliphatic rings. The van der Waals surface area contributed by atoms with Gasteiger partial charge in [0.05, 0.1) is 11.7 Å². The molecule has 2 rings (SSSR count). The van der Waals surface area contributed by atoms with E-state index in [9.17, 15) is 18.0 Å². The third-order valence-corrected chi connectivity index (χ3v) is 3.53. The van der Waals surface area contributed by atoms with Crippen LogP contribution in [0.1, 0.15) is 46.9 Å². The second-order valence-electron chi connectivity index (χ2n) is 6.05. The van der Waals surface area contributed by atoms with Gasteiger partial charge < -0.3 is 19.6 Å². The van der Waals surface area contributed by atoms with Crippen LogP contribution in [0.2, 0.25) is 0 Å². The van der Waals surface area contributed by atoms with Crippen LogP contribution in [0.3, 0.4) is 0 Å². The summed E-state index contributed by atoms with van der Waals surface area (Å²) in [7, 11) is 0. The summed E-state index contributed by atoms with van der Waals surface area (Å²) in [5.41, 5.74) is -0.472. The van der Waals surface area contributed by atoms with E-state index in [2.05, 4.69) is 5.32 Å². The molecular formula is C18H20F3NO4. The van der Waals surface area contributed by atoms with Crippen LogP contribution in [0, 0.1) is 6.92 Å². The Kier molecular flexibility index (Phi) is 5.97. The predicted molar refractivity (Wildman–Crippen MR) is 87.7 cm³/mol. The molecule has 1 amide bonds. The molecule has 0 aliphatic heterocycles. The van der Waals surface area contributed by atoms with E-state index in [0.717, 1.165) is 6.07 Å². The highest BCUT2D eigenvalue weighted by molar-refractivity contribution is 5.92. The third-order valence-electron chi connectivity index (χ3n) is 3.53. The number of amides is 1. The van der Waals surface area contributed by atoms with Crippen molar-refractivity contribution in [3.05, 3.63) is 52.5 Å². The van der Waals surface area contributed by atoms with Crippen molar-refractivity contribution in [3.63, 3.8) is 0 Å². The fraction of sp³-hybridized carbons (Fsp3) is 0.389. The molecule has 5 nitrogen and oxygen atoms in total. The van der Waals surface area contributed by atoms with Crippen LogP contribution in [0.5, 0.6) is 5.75 Å². The molecule has 0 unspecified atom stereocenters. The van der Waals surface area contributed by atoms with E-state index < -0.39 is 17.6 Å². The first-order valence-electron chi connectivity index (χ1n) is 7.97. The lowest BCUT2D eigenvalue weighted by molar-refractivity contribution is -0.138. The van der Waals surface area contributed by atoms with Crippen molar-refractivity contribution < 1.29 is 32.2 Å². The number of aliphatic hydroxyl groups excluding tert-OH is 1. The minimum atomic E-state index is -4.58. The number of aryl methyl sites for hydroxylation is 1. The van der Waals surface area contributed by atoms with Crippen molar-refractivity contribution in [2.24, 2.45) is 0 Å². The van der Waals surface area contributed by atoms with Crippen molar-refractivity contribution in [2.45, 2.75) is 46.2 Å². The van der Waals surface area contributed by atoms with Crippen LogP contribution in [0.4, 0.5) is 13.2 Å². The van der Waals surface area contributed by atoms with Crippen LogP contribution < -0.4 is 10.1 Å². The standard InChI is InChI=1S/C18H20F3NO4/c1-10(2)25-13-5-4-12(15(7-13)18(19,20)21)8-22-17(24)16-11(3)6-14(9-23)26-16/h4-7,10,23H,8-9H2,1-3H3,(H,22,24). The average Bonchev–Trinajstić information content (AvgIpc) is 2.93. The first kappa shape index (κ1) is 19.8. The number of hydrogen-bond donors (Lipinski definition) is 2. The monoisotopic (exact) mass is 371 g/mol. The van der Waals surface area contributed by atoms with E-state index in [0.29, 0.717) is 5.56 Å². The Morgan fingerprint density at radius 1 is 1.31 bits per heavy atom. The Balaban J connectivity index is 2.20. The number of ether oxygens (including phenoxy) is 1. The number of carbonyl (C=O) groups excluding carboxylic acids is 1. The molecule has 0 spiro atoms. The molecule has 26 heavy (non-hydrogen) atoms. The molecule has 8 heteroatoms. The maximum atomic E-state index is 13.3. The molecule has 1 aromatic heterocycles. The van der Waals surface area contributed by atoms with Crippen LogP contribution in [-0.2, 0) is 19.3 Å². The normalized spacial score (nSPS) is 11.7. The summed E-state index contributed by atoms with van der Waals surface area (Å²) >= 11 is 0. The number of aliphatic hydroxyl groups is 1. The maximum Gasteiger partial charge on any atom is 0.416 e. The van der Waals surface area contributed by atoms with Crippen molar-refractivity contribution >= 4 is 5.91 Å². The SMILES string of the molecule is Cc1cc(CO)oc1C(=O)NCc1ccc(OC(C)C)cc1C(F)(F)F. The van der Waals surface area contributed by atoms with E-state index in [1.54, 1.807) is 20.8 Å². The summed E-state index contributed by atoms with van der Waals surface area (Å²) in [6.07, 6.45) is -4.84. The van der Waals surface area contributed by atoms with Crippen molar-refractivity contribution in [2.75, 3.05) is 0 Å². The van der Waals surface area contributed by atoms with E-state index in [1.807, 2.05) is 0 Å². The zero-order chi connectivity index (χ0) is 19.5. The number of carbonyl (C=O) groups is 1. The lowest BCUT2D eigenvalue weighted by atomic mass is 10.1. The van der Waals surface area contributed by atoms with Crippen molar-refractivity contribution in [1.82, 2.24) is 5.32 Å². The highest BCUT2D eigenvalue weighted by Crippen LogP contribution is 2.34. The van der Waals surface area contributed by atoms with Crippen LogP contribution in [-0.4, -0.2) is 17.1 Å². The third kappa shape index (κ3) is 4.78. The van der Waals surface area contributed by atoms with Gasteiger partial charge in [-0.25, -0.2) is 0 Å². The average molecular weight is 371 g/mol. The highest BCUT2D eigenvalue weighted by Gasteiger charge is 2.34. The molecule has 0 bridgehead atoms. The van der Waals surface area contributed by atoms with Gasteiger partial charge in [-0.1, -0.05) is 6.07 Å². The summed E-state index contributed by atoms with van der Waals surface area (Å²) in [6, 6.07) is 5.12. The predicted octanol–water partition coefficient (Wildman–Crippen LogP) is 3.82. The van der Waals surface area contributed by atoms with Gasteiger partial charge in [-0.15, -0.1) is 0 Å². The summed E-state index contributed by atoms with van der Waals surface area (Å²) < 4.78 is 50.4. The first-order valence-corrected chi connectivity index (χ1v) is 7.97.